The largest absolute Gasteiger partial charge is 0.440 e. The van der Waals surface area contributed by atoms with E-state index in [9.17, 15) is 0 Å². The molecule has 18 heavy (non-hydrogen) atoms. The molecule has 2 aromatic heterocycles. The fourth-order valence-electron chi connectivity index (χ4n) is 1.46. The van der Waals surface area contributed by atoms with Crippen molar-refractivity contribution in [3.8, 4) is 11.3 Å². The van der Waals surface area contributed by atoms with E-state index in [0.29, 0.717) is 11.6 Å². The van der Waals surface area contributed by atoms with E-state index in [2.05, 4.69) is 15.2 Å². The van der Waals surface area contributed by atoms with E-state index in [1.165, 1.54) is 11.3 Å². The van der Waals surface area contributed by atoms with Crippen LogP contribution in [-0.2, 0) is 5.75 Å². The number of benzene rings is 1. The second kappa shape index (κ2) is 5.32. The van der Waals surface area contributed by atoms with E-state index in [1.54, 1.807) is 23.5 Å². The van der Waals surface area contributed by atoms with E-state index in [-0.39, 0.29) is 0 Å². The molecule has 0 aliphatic rings. The van der Waals surface area contributed by atoms with Crippen LogP contribution in [0.2, 0.25) is 0 Å². The molecule has 2 heterocycles. The lowest BCUT2D eigenvalue weighted by atomic mass is 10.2. The molecule has 0 amide bonds. The van der Waals surface area contributed by atoms with Crippen molar-refractivity contribution < 1.29 is 4.42 Å². The Balaban J connectivity index is 1.70. The summed E-state index contributed by atoms with van der Waals surface area (Å²) in [5.74, 6) is 2.17. The van der Waals surface area contributed by atoms with Crippen molar-refractivity contribution >= 4 is 23.1 Å². The Morgan fingerprint density at radius 3 is 2.89 bits per heavy atom. The summed E-state index contributed by atoms with van der Waals surface area (Å²) in [4.78, 5) is 4.26. The SMILES string of the molecule is c1ccc(-c2cnc(CSc3nncs3)o2)cc1. The highest BCUT2D eigenvalue weighted by atomic mass is 32.2. The molecule has 0 saturated heterocycles. The molecule has 0 radical (unpaired) electrons. The minimum absolute atomic E-state index is 0.669. The Morgan fingerprint density at radius 2 is 2.11 bits per heavy atom. The van der Waals surface area contributed by atoms with Gasteiger partial charge in [-0.25, -0.2) is 4.98 Å². The molecular weight excluding hydrogens is 266 g/mol. The van der Waals surface area contributed by atoms with Gasteiger partial charge in [0.25, 0.3) is 0 Å². The quantitative estimate of drug-likeness (QED) is 0.682. The number of rotatable bonds is 4. The zero-order valence-corrected chi connectivity index (χ0v) is 10.9. The summed E-state index contributed by atoms with van der Waals surface area (Å²) in [6, 6.07) is 9.94. The van der Waals surface area contributed by atoms with E-state index in [1.807, 2.05) is 30.3 Å². The summed E-state index contributed by atoms with van der Waals surface area (Å²) in [7, 11) is 0. The van der Waals surface area contributed by atoms with Gasteiger partial charge in [-0.2, -0.15) is 0 Å². The summed E-state index contributed by atoms with van der Waals surface area (Å²) < 4.78 is 6.62. The predicted molar refractivity (Wildman–Crippen MR) is 71.4 cm³/mol. The third kappa shape index (κ3) is 2.60. The van der Waals surface area contributed by atoms with Gasteiger partial charge in [0.1, 0.15) is 5.51 Å². The maximum Gasteiger partial charge on any atom is 0.205 e. The lowest BCUT2D eigenvalue weighted by molar-refractivity contribution is 0.530. The minimum Gasteiger partial charge on any atom is -0.440 e. The lowest BCUT2D eigenvalue weighted by Gasteiger charge is -1.94. The molecule has 3 rings (SSSR count). The highest BCUT2D eigenvalue weighted by molar-refractivity contribution is 8.00. The molecule has 0 aliphatic heterocycles. The average molecular weight is 275 g/mol. The smallest absolute Gasteiger partial charge is 0.205 e. The second-order valence-electron chi connectivity index (χ2n) is 3.48. The Bertz CT molecular complexity index is 607. The number of hydrogen-bond acceptors (Lipinski definition) is 6. The van der Waals surface area contributed by atoms with Gasteiger partial charge in [0.2, 0.25) is 5.89 Å². The minimum atomic E-state index is 0.669. The fraction of sp³-hybridized carbons (Fsp3) is 0.0833. The molecule has 0 N–H and O–H groups in total. The number of nitrogens with zero attached hydrogens (tertiary/aromatic N) is 3. The van der Waals surface area contributed by atoms with Crippen LogP contribution in [0.15, 0.2) is 50.8 Å². The molecular formula is C12H9N3OS2. The molecule has 1 aromatic carbocycles. The Morgan fingerprint density at radius 1 is 1.22 bits per heavy atom. The van der Waals surface area contributed by atoms with E-state index < -0.39 is 0 Å². The van der Waals surface area contributed by atoms with Crippen molar-refractivity contribution in [3.63, 3.8) is 0 Å². The Kier molecular flexibility index (Phi) is 3.38. The number of aromatic nitrogens is 3. The predicted octanol–water partition coefficient (Wildman–Crippen LogP) is 3.49. The zero-order valence-electron chi connectivity index (χ0n) is 9.31. The van der Waals surface area contributed by atoms with Crippen molar-refractivity contribution in [1.82, 2.24) is 15.2 Å². The standard InChI is InChI=1S/C12H9N3OS2/c1-2-4-9(5-3-1)10-6-13-11(16-10)7-17-12-15-14-8-18-12/h1-6,8H,7H2. The normalized spacial score (nSPS) is 10.7. The molecule has 0 saturated carbocycles. The van der Waals surface area contributed by atoms with Crippen molar-refractivity contribution in [2.24, 2.45) is 0 Å². The average Bonchev–Trinajstić information content (AvgIpc) is 3.09. The van der Waals surface area contributed by atoms with Gasteiger partial charge in [-0.1, -0.05) is 53.4 Å². The summed E-state index contributed by atoms with van der Waals surface area (Å²) in [6.45, 7) is 0. The first-order chi connectivity index (χ1) is 8.92. The van der Waals surface area contributed by atoms with Gasteiger partial charge in [0.15, 0.2) is 10.1 Å². The summed E-state index contributed by atoms with van der Waals surface area (Å²) in [5.41, 5.74) is 2.75. The van der Waals surface area contributed by atoms with Crippen LogP contribution in [0.4, 0.5) is 0 Å². The summed E-state index contributed by atoms with van der Waals surface area (Å²) in [6.07, 6.45) is 1.76. The topological polar surface area (TPSA) is 51.8 Å². The molecule has 90 valence electrons. The maximum atomic E-state index is 5.69. The molecule has 0 aliphatic carbocycles. The summed E-state index contributed by atoms with van der Waals surface area (Å²) in [5, 5.41) is 7.74. The first-order valence-corrected chi connectivity index (χ1v) is 7.17. The van der Waals surface area contributed by atoms with Crippen LogP contribution in [0.25, 0.3) is 11.3 Å². The van der Waals surface area contributed by atoms with E-state index in [4.69, 9.17) is 4.42 Å². The van der Waals surface area contributed by atoms with Gasteiger partial charge >= 0.3 is 0 Å². The maximum absolute atomic E-state index is 5.69. The second-order valence-corrected chi connectivity index (χ2v) is 5.53. The highest BCUT2D eigenvalue weighted by Crippen LogP contribution is 2.26. The van der Waals surface area contributed by atoms with Gasteiger partial charge in [0, 0.05) is 5.56 Å². The van der Waals surface area contributed by atoms with Crippen LogP contribution in [0.3, 0.4) is 0 Å². The molecule has 0 spiro atoms. The van der Waals surface area contributed by atoms with Crippen molar-refractivity contribution in [2.45, 2.75) is 10.1 Å². The van der Waals surface area contributed by atoms with Gasteiger partial charge in [-0.05, 0) is 0 Å². The first kappa shape index (κ1) is 11.4. The van der Waals surface area contributed by atoms with Crippen molar-refractivity contribution in [3.05, 3.63) is 47.9 Å². The van der Waals surface area contributed by atoms with Crippen LogP contribution in [-0.4, -0.2) is 15.2 Å². The monoisotopic (exact) mass is 275 g/mol. The zero-order chi connectivity index (χ0) is 12.2. The third-order valence-corrected chi connectivity index (χ3v) is 4.12. The number of oxazole rings is 1. The van der Waals surface area contributed by atoms with Gasteiger partial charge in [0.05, 0.1) is 11.9 Å². The van der Waals surface area contributed by atoms with Crippen LogP contribution < -0.4 is 0 Å². The fourth-order valence-corrected chi connectivity index (χ4v) is 2.80. The molecule has 0 atom stereocenters. The highest BCUT2D eigenvalue weighted by Gasteiger charge is 2.07. The van der Waals surface area contributed by atoms with Crippen LogP contribution >= 0.6 is 23.1 Å². The van der Waals surface area contributed by atoms with Crippen LogP contribution in [0.5, 0.6) is 0 Å². The van der Waals surface area contributed by atoms with Gasteiger partial charge in [-0.15, -0.1) is 10.2 Å². The number of hydrogen-bond donors (Lipinski definition) is 0. The van der Waals surface area contributed by atoms with Crippen LogP contribution in [0.1, 0.15) is 5.89 Å². The molecule has 0 fully saturated rings. The molecule has 0 unspecified atom stereocenters. The first-order valence-electron chi connectivity index (χ1n) is 5.31. The van der Waals surface area contributed by atoms with Crippen molar-refractivity contribution in [2.75, 3.05) is 0 Å². The van der Waals surface area contributed by atoms with Crippen molar-refractivity contribution in [1.29, 1.82) is 0 Å². The van der Waals surface area contributed by atoms with E-state index >= 15 is 0 Å². The summed E-state index contributed by atoms with van der Waals surface area (Å²) >= 11 is 3.09. The Hall–Kier alpha value is -1.66. The van der Waals surface area contributed by atoms with E-state index in [0.717, 1.165) is 15.7 Å². The third-order valence-electron chi connectivity index (χ3n) is 2.27. The van der Waals surface area contributed by atoms with Gasteiger partial charge < -0.3 is 4.42 Å². The van der Waals surface area contributed by atoms with Crippen LogP contribution in [0, 0.1) is 0 Å². The van der Waals surface area contributed by atoms with Gasteiger partial charge in [-0.3, -0.25) is 0 Å². The molecule has 6 heteroatoms. The number of thioether (sulfide) groups is 1. The lowest BCUT2D eigenvalue weighted by Crippen LogP contribution is -1.78. The molecule has 0 bridgehead atoms. The Labute approximate surface area is 112 Å². The molecule has 3 aromatic rings. The molecule has 4 nitrogen and oxygen atoms in total.